The van der Waals surface area contributed by atoms with E-state index >= 15 is 0 Å². The van der Waals surface area contributed by atoms with Crippen LogP contribution in [-0.4, -0.2) is 9.55 Å². The molecular weight excluding hydrogens is 265 g/mol. The van der Waals surface area contributed by atoms with Gasteiger partial charge < -0.3 is 10.3 Å². The fourth-order valence-electron chi connectivity index (χ4n) is 2.56. The molecule has 0 fully saturated rings. The Hall–Kier alpha value is -2.36. The van der Waals surface area contributed by atoms with Crippen LogP contribution < -0.4 is 5.73 Å². The zero-order valence-electron chi connectivity index (χ0n) is 12.0. The van der Waals surface area contributed by atoms with Crippen molar-refractivity contribution in [3.05, 3.63) is 48.3 Å². The highest BCUT2D eigenvalue weighted by atomic mass is 19.1. The Morgan fingerprint density at radius 3 is 2.76 bits per heavy atom. The lowest BCUT2D eigenvalue weighted by Crippen LogP contribution is -2.00. The molecule has 0 saturated heterocycles. The maximum atomic E-state index is 13.5. The van der Waals surface area contributed by atoms with Crippen molar-refractivity contribution >= 4 is 16.7 Å². The van der Waals surface area contributed by atoms with E-state index in [1.54, 1.807) is 6.07 Å². The van der Waals surface area contributed by atoms with Crippen molar-refractivity contribution in [3.8, 4) is 11.4 Å². The number of benzene rings is 2. The average molecular weight is 283 g/mol. The Labute approximate surface area is 123 Å². The molecule has 0 aliphatic rings. The summed E-state index contributed by atoms with van der Waals surface area (Å²) in [7, 11) is 0. The SMILES string of the molecule is CCCCn1c(-c2cccc(F)c2)nc2c(N)cccc21. The Morgan fingerprint density at radius 1 is 1.19 bits per heavy atom. The van der Waals surface area contributed by atoms with E-state index in [-0.39, 0.29) is 5.82 Å². The van der Waals surface area contributed by atoms with Gasteiger partial charge in [0.25, 0.3) is 0 Å². The van der Waals surface area contributed by atoms with Crippen molar-refractivity contribution < 1.29 is 4.39 Å². The van der Waals surface area contributed by atoms with E-state index in [2.05, 4.69) is 16.5 Å². The van der Waals surface area contributed by atoms with E-state index in [4.69, 9.17) is 5.73 Å². The van der Waals surface area contributed by atoms with Gasteiger partial charge in [0.1, 0.15) is 17.2 Å². The summed E-state index contributed by atoms with van der Waals surface area (Å²) in [6, 6.07) is 12.3. The second-order valence-corrected chi connectivity index (χ2v) is 5.17. The lowest BCUT2D eigenvalue weighted by molar-refractivity contribution is 0.626. The molecule has 3 aromatic rings. The van der Waals surface area contributed by atoms with Crippen LogP contribution in [0.1, 0.15) is 19.8 Å². The molecule has 4 heteroatoms. The predicted octanol–water partition coefficient (Wildman–Crippen LogP) is 4.22. The Balaban J connectivity index is 2.23. The molecule has 1 aromatic heterocycles. The van der Waals surface area contributed by atoms with Crippen LogP contribution in [0.5, 0.6) is 0 Å². The maximum Gasteiger partial charge on any atom is 0.141 e. The highest BCUT2D eigenvalue weighted by molar-refractivity contribution is 5.90. The Morgan fingerprint density at radius 2 is 2.00 bits per heavy atom. The van der Waals surface area contributed by atoms with Crippen molar-refractivity contribution in [2.24, 2.45) is 0 Å². The summed E-state index contributed by atoms with van der Waals surface area (Å²) in [5, 5.41) is 0. The number of anilines is 1. The van der Waals surface area contributed by atoms with E-state index < -0.39 is 0 Å². The largest absolute Gasteiger partial charge is 0.397 e. The van der Waals surface area contributed by atoms with Crippen LogP contribution in [0.3, 0.4) is 0 Å². The topological polar surface area (TPSA) is 43.8 Å². The summed E-state index contributed by atoms with van der Waals surface area (Å²) in [4.78, 5) is 4.65. The average Bonchev–Trinajstić information content (AvgIpc) is 2.85. The minimum Gasteiger partial charge on any atom is -0.397 e. The number of nitrogen functional groups attached to an aromatic ring is 1. The minimum atomic E-state index is -0.255. The van der Waals surface area contributed by atoms with E-state index in [9.17, 15) is 4.39 Å². The van der Waals surface area contributed by atoms with Crippen molar-refractivity contribution in [3.63, 3.8) is 0 Å². The standard InChI is InChI=1S/C17H18FN3/c1-2-3-10-21-15-9-5-8-14(19)16(15)20-17(21)12-6-4-7-13(18)11-12/h4-9,11H,2-3,10,19H2,1H3. The number of hydrogen-bond donors (Lipinski definition) is 1. The second-order valence-electron chi connectivity index (χ2n) is 5.17. The number of halogens is 1. The van der Waals surface area contributed by atoms with Gasteiger partial charge in [-0.3, -0.25) is 0 Å². The van der Waals surface area contributed by atoms with Gasteiger partial charge in [0, 0.05) is 12.1 Å². The summed E-state index contributed by atoms with van der Waals surface area (Å²) in [5.74, 6) is 0.519. The molecule has 3 nitrogen and oxygen atoms in total. The monoisotopic (exact) mass is 283 g/mol. The van der Waals surface area contributed by atoms with Crippen LogP contribution in [0.15, 0.2) is 42.5 Å². The molecule has 3 rings (SSSR count). The molecule has 0 radical (unpaired) electrons. The minimum absolute atomic E-state index is 0.255. The first kappa shape index (κ1) is 13.6. The van der Waals surface area contributed by atoms with Gasteiger partial charge in [-0.15, -0.1) is 0 Å². The number of rotatable bonds is 4. The summed E-state index contributed by atoms with van der Waals surface area (Å²) < 4.78 is 15.6. The number of fused-ring (bicyclic) bond motifs is 1. The number of nitrogens with two attached hydrogens (primary N) is 1. The van der Waals surface area contributed by atoms with E-state index in [0.29, 0.717) is 5.69 Å². The van der Waals surface area contributed by atoms with Crippen LogP contribution in [0, 0.1) is 5.82 Å². The van der Waals surface area contributed by atoms with Crippen LogP contribution in [0.2, 0.25) is 0 Å². The predicted molar refractivity (Wildman–Crippen MR) is 84.4 cm³/mol. The molecular formula is C17H18FN3. The number of aromatic nitrogens is 2. The summed E-state index contributed by atoms with van der Waals surface area (Å²) in [6.07, 6.45) is 2.13. The third-order valence-electron chi connectivity index (χ3n) is 3.63. The van der Waals surface area contributed by atoms with Crippen molar-refractivity contribution in [1.29, 1.82) is 0 Å². The molecule has 2 N–H and O–H groups in total. The first-order valence-electron chi connectivity index (χ1n) is 7.21. The molecule has 21 heavy (non-hydrogen) atoms. The van der Waals surface area contributed by atoms with Crippen LogP contribution >= 0.6 is 0 Å². The van der Waals surface area contributed by atoms with E-state index in [1.165, 1.54) is 12.1 Å². The number of aryl methyl sites for hydroxylation is 1. The normalized spacial score (nSPS) is 11.1. The van der Waals surface area contributed by atoms with Crippen LogP contribution in [0.25, 0.3) is 22.4 Å². The molecule has 0 bridgehead atoms. The second kappa shape index (κ2) is 5.56. The molecule has 0 saturated carbocycles. The summed E-state index contributed by atoms with van der Waals surface area (Å²) in [6.45, 7) is 3.00. The smallest absolute Gasteiger partial charge is 0.141 e. The number of nitrogens with zero attached hydrogens (tertiary/aromatic N) is 2. The fraction of sp³-hybridized carbons (Fsp3) is 0.235. The lowest BCUT2D eigenvalue weighted by Gasteiger charge is -2.08. The van der Waals surface area contributed by atoms with Crippen molar-refractivity contribution in [1.82, 2.24) is 9.55 Å². The molecule has 108 valence electrons. The summed E-state index contributed by atoms with van der Waals surface area (Å²) >= 11 is 0. The first-order chi connectivity index (χ1) is 10.2. The maximum absolute atomic E-state index is 13.5. The molecule has 2 aromatic carbocycles. The fourth-order valence-corrected chi connectivity index (χ4v) is 2.56. The highest BCUT2D eigenvalue weighted by Crippen LogP contribution is 2.28. The number of imidazole rings is 1. The Bertz CT molecular complexity index is 777. The first-order valence-corrected chi connectivity index (χ1v) is 7.21. The van der Waals surface area contributed by atoms with E-state index in [0.717, 1.165) is 41.8 Å². The van der Waals surface area contributed by atoms with Gasteiger partial charge in [-0.2, -0.15) is 0 Å². The number of para-hydroxylation sites is 1. The number of unbranched alkanes of at least 4 members (excludes halogenated alkanes) is 1. The van der Waals surface area contributed by atoms with Gasteiger partial charge in [0.2, 0.25) is 0 Å². The van der Waals surface area contributed by atoms with E-state index in [1.807, 2.05) is 24.3 Å². The summed E-state index contributed by atoms with van der Waals surface area (Å²) in [5.41, 5.74) is 9.25. The molecule has 0 atom stereocenters. The molecule has 0 aliphatic heterocycles. The van der Waals surface area contributed by atoms with Gasteiger partial charge in [0.05, 0.1) is 11.2 Å². The van der Waals surface area contributed by atoms with Crippen molar-refractivity contribution in [2.45, 2.75) is 26.3 Å². The quantitative estimate of drug-likeness (QED) is 0.728. The molecule has 0 spiro atoms. The van der Waals surface area contributed by atoms with Crippen LogP contribution in [0.4, 0.5) is 10.1 Å². The zero-order chi connectivity index (χ0) is 14.8. The van der Waals surface area contributed by atoms with Gasteiger partial charge in [0.15, 0.2) is 0 Å². The third kappa shape index (κ3) is 2.49. The molecule has 0 aliphatic carbocycles. The van der Waals surface area contributed by atoms with Crippen LogP contribution in [-0.2, 0) is 6.54 Å². The molecule has 0 amide bonds. The molecule has 1 heterocycles. The third-order valence-corrected chi connectivity index (χ3v) is 3.63. The number of hydrogen-bond acceptors (Lipinski definition) is 2. The Kier molecular flexibility index (Phi) is 3.60. The van der Waals surface area contributed by atoms with Gasteiger partial charge in [-0.1, -0.05) is 31.5 Å². The molecule has 0 unspecified atom stereocenters. The lowest BCUT2D eigenvalue weighted by atomic mass is 10.2. The van der Waals surface area contributed by atoms with Gasteiger partial charge >= 0.3 is 0 Å². The van der Waals surface area contributed by atoms with Gasteiger partial charge in [-0.05, 0) is 30.7 Å². The van der Waals surface area contributed by atoms with Crippen molar-refractivity contribution in [2.75, 3.05) is 5.73 Å². The highest BCUT2D eigenvalue weighted by Gasteiger charge is 2.14. The van der Waals surface area contributed by atoms with Gasteiger partial charge in [-0.25, -0.2) is 9.37 Å². The zero-order valence-corrected chi connectivity index (χ0v) is 12.0.